The second kappa shape index (κ2) is 5.27. The average Bonchev–Trinajstić information content (AvgIpc) is 2.44. The molecular formula is C13H17NO4. The number of nitrogens with zero attached hydrogens (tertiary/aromatic N) is 1. The van der Waals surface area contributed by atoms with Gasteiger partial charge in [0.05, 0.1) is 12.6 Å². The Bertz CT molecular complexity index is 435. The van der Waals surface area contributed by atoms with Gasteiger partial charge in [0.15, 0.2) is 11.5 Å². The predicted molar refractivity (Wildman–Crippen MR) is 65.7 cm³/mol. The third-order valence-electron chi connectivity index (χ3n) is 3.06. The van der Waals surface area contributed by atoms with Crippen molar-refractivity contribution >= 4 is 5.91 Å². The zero-order valence-electron chi connectivity index (χ0n) is 10.5. The van der Waals surface area contributed by atoms with Crippen LogP contribution in [-0.2, 0) is 4.79 Å². The molecule has 0 fully saturated rings. The number of carbonyl (C=O) groups is 1. The van der Waals surface area contributed by atoms with Crippen LogP contribution in [0.15, 0.2) is 24.3 Å². The van der Waals surface area contributed by atoms with Crippen molar-refractivity contribution in [2.24, 2.45) is 0 Å². The normalized spacial score (nSPS) is 19.2. The quantitative estimate of drug-likeness (QED) is 0.857. The first-order valence-corrected chi connectivity index (χ1v) is 5.89. The van der Waals surface area contributed by atoms with Gasteiger partial charge >= 0.3 is 0 Å². The van der Waals surface area contributed by atoms with Crippen LogP contribution in [0.1, 0.15) is 6.92 Å². The number of hydrogen-bond acceptors (Lipinski definition) is 4. The van der Waals surface area contributed by atoms with Crippen LogP contribution < -0.4 is 9.47 Å². The molecule has 18 heavy (non-hydrogen) atoms. The first-order valence-electron chi connectivity index (χ1n) is 5.89. The molecule has 98 valence electrons. The number of likely N-dealkylation sites (N-methyl/N-ethyl adjacent to an activating group) is 1. The van der Waals surface area contributed by atoms with E-state index in [-0.39, 0.29) is 25.2 Å². The summed E-state index contributed by atoms with van der Waals surface area (Å²) in [5.74, 6) is 1.04. The second-order valence-electron chi connectivity index (χ2n) is 4.34. The summed E-state index contributed by atoms with van der Waals surface area (Å²) in [5.41, 5.74) is 0. The molecule has 0 aliphatic carbocycles. The van der Waals surface area contributed by atoms with Gasteiger partial charge in [-0.3, -0.25) is 4.79 Å². The second-order valence-corrected chi connectivity index (χ2v) is 4.34. The Morgan fingerprint density at radius 2 is 2.17 bits per heavy atom. The largest absolute Gasteiger partial charge is 0.485 e. The molecule has 0 aromatic heterocycles. The molecule has 1 aliphatic rings. The average molecular weight is 251 g/mol. The van der Waals surface area contributed by atoms with Gasteiger partial charge in [-0.25, -0.2) is 0 Å². The fraction of sp³-hybridized carbons (Fsp3) is 0.462. The maximum absolute atomic E-state index is 12.1. The molecule has 0 saturated heterocycles. The Kier molecular flexibility index (Phi) is 3.72. The molecule has 5 heteroatoms. The van der Waals surface area contributed by atoms with Crippen molar-refractivity contribution < 1.29 is 19.4 Å². The Balaban J connectivity index is 2.07. The van der Waals surface area contributed by atoms with Crippen LogP contribution >= 0.6 is 0 Å². The molecule has 1 aromatic carbocycles. The lowest BCUT2D eigenvalue weighted by Gasteiger charge is -2.31. The lowest BCUT2D eigenvalue weighted by atomic mass is 10.2. The summed E-state index contributed by atoms with van der Waals surface area (Å²) in [4.78, 5) is 13.6. The summed E-state index contributed by atoms with van der Waals surface area (Å²) in [6, 6.07) is 7.01. The molecule has 2 rings (SSSR count). The molecule has 5 nitrogen and oxygen atoms in total. The molecule has 1 amide bonds. The number of aliphatic hydroxyl groups excluding tert-OH is 1. The molecule has 2 unspecified atom stereocenters. The molecular weight excluding hydrogens is 234 g/mol. The molecule has 1 N–H and O–H groups in total. The van der Waals surface area contributed by atoms with Crippen molar-refractivity contribution in [3.63, 3.8) is 0 Å². The summed E-state index contributed by atoms with van der Waals surface area (Å²) < 4.78 is 11.1. The Morgan fingerprint density at radius 1 is 1.50 bits per heavy atom. The number of hydrogen-bond donors (Lipinski definition) is 1. The fourth-order valence-electron chi connectivity index (χ4n) is 1.71. The van der Waals surface area contributed by atoms with Gasteiger partial charge in [0.2, 0.25) is 6.10 Å². The van der Waals surface area contributed by atoms with Gasteiger partial charge in [0.25, 0.3) is 5.91 Å². The van der Waals surface area contributed by atoms with Gasteiger partial charge in [-0.05, 0) is 19.1 Å². The molecule has 1 aromatic rings. The van der Waals surface area contributed by atoms with Crippen molar-refractivity contribution in [1.82, 2.24) is 4.90 Å². The Labute approximate surface area is 106 Å². The minimum Gasteiger partial charge on any atom is -0.485 e. The zero-order valence-corrected chi connectivity index (χ0v) is 10.5. The highest BCUT2D eigenvalue weighted by Crippen LogP contribution is 2.31. The standard InChI is InChI=1S/C13H17NO4/c1-9(7-15)14(2)13(16)12-8-17-10-5-3-4-6-11(10)18-12/h3-6,9,12,15H,7-8H2,1-2H3. The van der Waals surface area contributed by atoms with Crippen molar-refractivity contribution in [1.29, 1.82) is 0 Å². The van der Waals surface area contributed by atoms with E-state index in [1.165, 1.54) is 4.90 Å². The number of fused-ring (bicyclic) bond motifs is 1. The molecule has 1 aliphatic heterocycles. The monoisotopic (exact) mass is 251 g/mol. The number of benzene rings is 1. The predicted octanol–water partition coefficient (Wildman–Crippen LogP) is 0.666. The fourth-order valence-corrected chi connectivity index (χ4v) is 1.71. The Hall–Kier alpha value is -1.75. The lowest BCUT2D eigenvalue weighted by molar-refractivity contribution is -0.142. The molecule has 0 saturated carbocycles. The van der Waals surface area contributed by atoms with Crippen molar-refractivity contribution in [3.8, 4) is 11.5 Å². The van der Waals surface area contributed by atoms with Crippen LogP contribution in [0, 0.1) is 0 Å². The van der Waals surface area contributed by atoms with E-state index >= 15 is 0 Å². The molecule has 0 bridgehead atoms. The van der Waals surface area contributed by atoms with E-state index in [4.69, 9.17) is 14.6 Å². The van der Waals surface area contributed by atoms with E-state index < -0.39 is 6.10 Å². The molecule has 0 spiro atoms. The maximum Gasteiger partial charge on any atom is 0.267 e. The highest BCUT2D eigenvalue weighted by atomic mass is 16.6. The van der Waals surface area contributed by atoms with Gasteiger partial charge in [-0.15, -0.1) is 0 Å². The molecule has 1 heterocycles. The summed E-state index contributed by atoms with van der Waals surface area (Å²) in [6.07, 6.45) is -0.654. The van der Waals surface area contributed by atoms with Crippen LogP contribution in [0.2, 0.25) is 0 Å². The number of ether oxygens (including phenoxy) is 2. The topological polar surface area (TPSA) is 59.0 Å². The van der Waals surface area contributed by atoms with Crippen molar-refractivity contribution in [3.05, 3.63) is 24.3 Å². The van der Waals surface area contributed by atoms with E-state index in [1.807, 2.05) is 12.1 Å². The van der Waals surface area contributed by atoms with Crippen LogP contribution in [-0.4, -0.2) is 48.3 Å². The van der Waals surface area contributed by atoms with E-state index in [0.717, 1.165) is 0 Å². The number of carbonyl (C=O) groups excluding carboxylic acids is 1. The highest BCUT2D eigenvalue weighted by Gasteiger charge is 2.31. The number of amides is 1. The van der Waals surface area contributed by atoms with Gasteiger partial charge in [0.1, 0.15) is 6.61 Å². The SMILES string of the molecule is CC(CO)N(C)C(=O)C1COc2ccccc2O1. The van der Waals surface area contributed by atoms with Gasteiger partial charge in [0, 0.05) is 7.05 Å². The number of rotatable bonds is 3. The molecule has 0 radical (unpaired) electrons. The lowest BCUT2D eigenvalue weighted by Crippen LogP contribution is -2.48. The van der Waals surface area contributed by atoms with Crippen molar-refractivity contribution in [2.45, 2.75) is 19.1 Å². The zero-order chi connectivity index (χ0) is 13.1. The maximum atomic E-state index is 12.1. The van der Waals surface area contributed by atoms with Crippen LogP contribution in [0.3, 0.4) is 0 Å². The van der Waals surface area contributed by atoms with Gasteiger partial charge in [-0.2, -0.15) is 0 Å². The summed E-state index contributed by atoms with van der Waals surface area (Å²) in [7, 11) is 1.65. The van der Waals surface area contributed by atoms with Crippen LogP contribution in [0.5, 0.6) is 11.5 Å². The highest BCUT2D eigenvalue weighted by molar-refractivity contribution is 5.82. The third kappa shape index (κ3) is 2.41. The van der Waals surface area contributed by atoms with Gasteiger partial charge in [-0.1, -0.05) is 12.1 Å². The van der Waals surface area contributed by atoms with E-state index in [0.29, 0.717) is 11.5 Å². The van der Waals surface area contributed by atoms with Gasteiger partial charge < -0.3 is 19.5 Å². The molecule has 2 atom stereocenters. The van der Waals surface area contributed by atoms with E-state index in [1.54, 1.807) is 26.1 Å². The summed E-state index contributed by atoms with van der Waals surface area (Å²) in [5, 5.41) is 9.04. The number of para-hydroxylation sites is 2. The third-order valence-corrected chi connectivity index (χ3v) is 3.06. The van der Waals surface area contributed by atoms with E-state index in [2.05, 4.69) is 0 Å². The summed E-state index contributed by atoms with van der Waals surface area (Å²) in [6.45, 7) is 1.89. The minimum atomic E-state index is -0.654. The smallest absolute Gasteiger partial charge is 0.267 e. The van der Waals surface area contributed by atoms with Crippen LogP contribution in [0.25, 0.3) is 0 Å². The number of aliphatic hydroxyl groups is 1. The Morgan fingerprint density at radius 3 is 2.83 bits per heavy atom. The van der Waals surface area contributed by atoms with Crippen molar-refractivity contribution in [2.75, 3.05) is 20.3 Å². The van der Waals surface area contributed by atoms with Crippen LogP contribution in [0.4, 0.5) is 0 Å². The first-order chi connectivity index (χ1) is 8.63. The summed E-state index contributed by atoms with van der Waals surface area (Å²) >= 11 is 0. The first kappa shape index (κ1) is 12.7. The minimum absolute atomic E-state index is 0.0770. The van der Waals surface area contributed by atoms with E-state index in [9.17, 15) is 4.79 Å².